The molecule has 0 aliphatic heterocycles. The van der Waals surface area contributed by atoms with Crippen LogP contribution in [-0.4, -0.2) is 24.1 Å². The van der Waals surface area contributed by atoms with Crippen LogP contribution in [0, 0.1) is 6.92 Å². The largest absolute Gasteiger partial charge is 0.497 e. The molecule has 4 nitrogen and oxygen atoms in total. The van der Waals surface area contributed by atoms with E-state index in [1.165, 1.54) is 0 Å². The van der Waals surface area contributed by atoms with Crippen LogP contribution in [0.4, 0.5) is 5.82 Å². The molecule has 5 heteroatoms. The van der Waals surface area contributed by atoms with Crippen molar-refractivity contribution in [1.82, 2.24) is 9.97 Å². The maximum absolute atomic E-state index is 5.23. The summed E-state index contributed by atoms with van der Waals surface area (Å²) in [4.78, 5) is 8.90. The molecule has 2 aromatic rings. The van der Waals surface area contributed by atoms with E-state index in [1.54, 1.807) is 7.11 Å². The summed E-state index contributed by atoms with van der Waals surface area (Å²) in [6.45, 7) is 1.94. The van der Waals surface area contributed by atoms with Gasteiger partial charge in [-0.2, -0.15) is 0 Å². The lowest BCUT2D eigenvalue weighted by atomic mass is 10.2. The van der Waals surface area contributed by atoms with Gasteiger partial charge < -0.3 is 10.1 Å². The topological polar surface area (TPSA) is 47.0 Å². The zero-order valence-electron chi connectivity index (χ0n) is 10.5. The molecule has 1 aromatic carbocycles. The molecule has 18 heavy (non-hydrogen) atoms. The number of anilines is 1. The van der Waals surface area contributed by atoms with E-state index in [0.717, 1.165) is 27.3 Å². The van der Waals surface area contributed by atoms with Gasteiger partial charge >= 0.3 is 0 Å². The molecule has 1 N–H and O–H groups in total. The lowest BCUT2D eigenvalue weighted by molar-refractivity contribution is 0.415. The van der Waals surface area contributed by atoms with Gasteiger partial charge in [0.1, 0.15) is 11.6 Å². The maximum Gasteiger partial charge on any atom is 0.163 e. The number of nitrogens with zero attached hydrogens (tertiary/aromatic N) is 2. The number of halogens is 1. The summed E-state index contributed by atoms with van der Waals surface area (Å²) in [6.07, 6.45) is 0. The molecule has 0 fully saturated rings. The Morgan fingerprint density at radius 3 is 2.67 bits per heavy atom. The number of ether oxygens (including phenoxy) is 1. The highest BCUT2D eigenvalue weighted by Gasteiger charge is 2.09. The summed E-state index contributed by atoms with van der Waals surface area (Å²) in [5.41, 5.74) is 1.83. The third-order valence-corrected chi connectivity index (χ3v) is 3.22. The van der Waals surface area contributed by atoms with Crippen LogP contribution in [0.2, 0.25) is 0 Å². The Balaban J connectivity index is 2.56. The normalized spacial score (nSPS) is 10.2. The van der Waals surface area contributed by atoms with Gasteiger partial charge in [-0.25, -0.2) is 9.97 Å². The summed E-state index contributed by atoms with van der Waals surface area (Å²) in [5.74, 6) is 2.25. The molecule has 0 bridgehead atoms. The van der Waals surface area contributed by atoms with E-state index < -0.39 is 0 Å². The van der Waals surface area contributed by atoms with Crippen LogP contribution >= 0.6 is 15.9 Å². The minimum absolute atomic E-state index is 0.671. The lowest BCUT2D eigenvalue weighted by Gasteiger charge is -2.08. The van der Waals surface area contributed by atoms with E-state index in [4.69, 9.17) is 4.74 Å². The quantitative estimate of drug-likeness (QED) is 0.945. The number of nitrogens with one attached hydrogen (secondary N) is 1. The van der Waals surface area contributed by atoms with Gasteiger partial charge in [0.15, 0.2) is 5.82 Å². The molecule has 0 saturated heterocycles. The van der Waals surface area contributed by atoms with E-state index in [1.807, 2.05) is 38.2 Å². The second-order valence-corrected chi connectivity index (χ2v) is 4.67. The van der Waals surface area contributed by atoms with Crippen LogP contribution in [-0.2, 0) is 0 Å². The number of methoxy groups -OCH3 is 1. The average molecular weight is 308 g/mol. The standard InChI is InChI=1S/C13H14BrN3O/c1-8-6-12(15-2)17-13(16-8)10-7-9(18-3)4-5-11(10)14/h4-7H,1-3H3,(H,15,16,17). The Morgan fingerprint density at radius 2 is 2.00 bits per heavy atom. The molecule has 0 radical (unpaired) electrons. The first-order valence-electron chi connectivity index (χ1n) is 5.51. The SMILES string of the molecule is CNc1cc(C)nc(-c2cc(OC)ccc2Br)n1. The van der Waals surface area contributed by atoms with Gasteiger partial charge in [0.25, 0.3) is 0 Å². The smallest absolute Gasteiger partial charge is 0.163 e. The number of aromatic nitrogens is 2. The minimum atomic E-state index is 0.671. The van der Waals surface area contributed by atoms with E-state index >= 15 is 0 Å². The Bertz CT molecular complexity index is 572. The third kappa shape index (κ3) is 2.61. The molecule has 0 atom stereocenters. The second-order valence-electron chi connectivity index (χ2n) is 3.81. The van der Waals surface area contributed by atoms with Crippen molar-refractivity contribution in [2.75, 3.05) is 19.5 Å². The molecule has 0 spiro atoms. The lowest BCUT2D eigenvalue weighted by Crippen LogP contribution is -1.99. The molecule has 0 unspecified atom stereocenters. The molecule has 0 saturated carbocycles. The van der Waals surface area contributed by atoms with Crippen molar-refractivity contribution in [3.05, 3.63) is 34.4 Å². The minimum Gasteiger partial charge on any atom is -0.497 e. The van der Waals surface area contributed by atoms with Crippen LogP contribution in [0.3, 0.4) is 0 Å². The van der Waals surface area contributed by atoms with Crippen molar-refractivity contribution >= 4 is 21.7 Å². The second kappa shape index (κ2) is 5.35. The average Bonchev–Trinajstić information content (AvgIpc) is 2.38. The first-order chi connectivity index (χ1) is 8.63. The van der Waals surface area contributed by atoms with E-state index in [-0.39, 0.29) is 0 Å². The van der Waals surface area contributed by atoms with Gasteiger partial charge in [-0.1, -0.05) is 15.9 Å². The molecule has 1 heterocycles. The van der Waals surface area contributed by atoms with Gasteiger partial charge in [-0.3, -0.25) is 0 Å². The number of benzene rings is 1. The molecule has 0 aliphatic rings. The Kier molecular flexibility index (Phi) is 3.81. The Labute approximate surface area is 115 Å². The van der Waals surface area contributed by atoms with Gasteiger partial charge in [-0.15, -0.1) is 0 Å². The first kappa shape index (κ1) is 12.8. The summed E-state index contributed by atoms with van der Waals surface area (Å²) >= 11 is 3.51. The number of hydrogen-bond donors (Lipinski definition) is 1. The molecular formula is C13H14BrN3O. The maximum atomic E-state index is 5.23. The van der Waals surface area contributed by atoms with E-state index in [0.29, 0.717) is 5.82 Å². The Morgan fingerprint density at radius 1 is 1.22 bits per heavy atom. The molecule has 94 valence electrons. The van der Waals surface area contributed by atoms with Gasteiger partial charge in [-0.05, 0) is 25.1 Å². The van der Waals surface area contributed by atoms with Crippen LogP contribution in [0.1, 0.15) is 5.69 Å². The highest BCUT2D eigenvalue weighted by Crippen LogP contribution is 2.30. The van der Waals surface area contributed by atoms with Gasteiger partial charge in [0, 0.05) is 28.8 Å². The Hall–Kier alpha value is -1.62. The van der Waals surface area contributed by atoms with E-state index in [9.17, 15) is 0 Å². The fourth-order valence-electron chi connectivity index (χ4n) is 1.62. The highest BCUT2D eigenvalue weighted by atomic mass is 79.9. The zero-order valence-corrected chi connectivity index (χ0v) is 12.1. The highest BCUT2D eigenvalue weighted by molar-refractivity contribution is 9.10. The van der Waals surface area contributed by atoms with Crippen LogP contribution < -0.4 is 10.1 Å². The monoisotopic (exact) mass is 307 g/mol. The molecule has 0 aliphatic carbocycles. The van der Waals surface area contributed by atoms with Crippen LogP contribution in [0.5, 0.6) is 5.75 Å². The zero-order chi connectivity index (χ0) is 13.1. The van der Waals surface area contributed by atoms with Crippen molar-refractivity contribution < 1.29 is 4.74 Å². The summed E-state index contributed by atoms with van der Waals surface area (Å²) in [7, 11) is 3.48. The molecular weight excluding hydrogens is 294 g/mol. The number of rotatable bonds is 3. The summed E-state index contributed by atoms with van der Waals surface area (Å²) in [6, 6.07) is 7.64. The first-order valence-corrected chi connectivity index (χ1v) is 6.30. The summed E-state index contributed by atoms with van der Waals surface area (Å²) < 4.78 is 6.17. The predicted octanol–water partition coefficient (Wildman–Crippen LogP) is 3.26. The fourth-order valence-corrected chi connectivity index (χ4v) is 2.04. The van der Waals surface area contributed by atoms with Crippen LogP contribution in [0.25, 0.3) is 11.4 Å². The predicted molar refractivity (Wildman–Crippen MR) is 76.0 cm³/mol. The fraction of sp³-hybridized carbons (Fsp3) is 0.231. The van der Waals surface area contributed by atoms with Crippen molar-refractivity contribution in [3.8, 4) is 17.1 Å². The van der Waals surface area contributed by atoms with Gasteiger partial charge in [0.2, 0.25) is 0 Å². The van der Waals surface area contributed by atoms with Crippen molar-refractivity contribution in [2.45, 2.75) is 6.92 Å². The van der Waals surface area contributed by atoms with Crippen molar-refractivity contribution in [1.29, 1.82) is 0 Å². The third-order valence-electron chi connectivity index (χ3n) is 2.52. The molecule has 1 aromatic heterocycles. The van der Waals surface area contributed by atoms with Gasteiger partial charge in [0.05, 0.1) is 7.11 Å². The van der Waals surface area contributed by atoms with Crippen LogP contribution in [0.15, 0.2) is 28.7 Å². The number of aryl methyl sites for hydroxylation is 1. The number of hydrogen-bond acceptors (Lipinski definition) is 4. The van der Waals surface area contributed by atoms with Crippen molar-refractivity contribution in [3.63, 3.8) is 0 Å². The molecule has 2 rings (SSSR count). The summed E-state index contributed by atoms with van der Waals surface area (Å²) in [5, 5.41) is 3.03. The van der Waals surface area contributed by atoms with Crippen molar-refractivity contribution in [2.24, 2.45) is 0 Å². The van der Waals surface area contributed by atoms with E-state index in [2.05, 4.69) is 31.2 Å². The molecule has 0 amide bonds.